The van der Waals surface area contributed by atoms with Crippen LogP contribution in [0, 0.1) is 13.8 Å². The number of ether oxygens (including phenoxy) is 2. The molecule has 6 heteroatoms. The van der Waals surface area contributed by atoms with Crippen LogP contribution in [0.1, 0.15) is 16.7 Å². The van der Waals surface area contributed by atoms with Crippen molar-refractivity contribution in [2.45, 2.75) is 13.8 Å². The molecule has 1 saturated heterocycles. The monoisotopic (exact) mass is 399 g/mol. The van der Waals surface area contributed by atoms with E-state index in [-0.39, 0.29) is 5.91 Å². The fraction of sp³-hybridized carbons (Fsp3) is 0.238. The predicted molar refractivity (Wildman–Crippen MR) is 114 cm³/mol. The second kappa shape index (κ2) is 8.59. The summed E-state index contributed by atoms with van der Waals surface area (Å²) in [4.78, 5) is 14.3. The highest BCUT2D eigenvalue weighted by atomic mass is 32.2. The van der Waals surface area contributed by atoms with Gasteiger partial charge in [-0.15, -0.1) is 0 Å². The van der Waals surface area contributed by atoms with E-state index in [2.05, 4.69) is 6.07 Å². The SMILES string of the molecule is Cc1ccc(C)c(OCCOc2ccccc2/C=C2/SC(=S)N(C)C2=O)c1. The molecule has 2 aromatic rings. The second-order valence-electron chi connectivity index (χ2n) is 6.24. The Hall–Kier alpha value is -2.31. The highest BCUT2D eigenvalue weighted by Crippen LogP contribution is 2.33. The minimum Gasteiger partial charge on any atom is -0.490 e. The number of aryl methyl sites for hydroxylation is 2. The molecular weight excluding hydrogens is 378 g/mol. The maximum atomic E-state index is 12.2. The summed E-state index contributed by atoms with van der Waals surface area (Å²) in [6.07, 6.45) is 1.82. The quantitative estimate of drug-likeness (QED) is 0.403. The first-order valence-corrected chi connectivity index (χ1v) is 9.81. The van der Waals surface area contributed by atoms with Crippen molar-refractivity contribution >= 4 is 40.3 Å². The van der Waals surface area contributed by atoms with Crippen molar-refractivity contribution in [3.8, 4) is 11.5 Å². The molecule has 1 amide bonds. The van der Waals surface area contributed by atoms with Gasteiger partial charge in [0.1, 0.15) is 29.0 Å². The van der Waals surface area contributed by atoms with Crippen LogP contribution in [0.25, 0.3) is 6.08 Å². The number of carbonyl (C=O) groups is 1. The maximum Gasteiger partial charge on any atom is 0.265 e. The lowest BCUT2D eigenvalue weighted by molar-refractivity contribution is -0.121. The Balaban J connectivity index is 1.64. The summed E-state index contributed by atoms with van der Waals surface area (Å²) in [5.41, 5.74) is 3.11. The van der Waals surface area contributed by atoms with E-state index in [0.29, 0.717) is 28.2 Å². The van der Waals surface area contributed by atoms with Crippen molar-refractivity contribution in [3.05, 3.63) is 64.1 Å². The zero-order chi connectivity index (χ0) is 19.4. The number of rotatable bonds is 6. The van der Waals surface area contributed by atoms with E-state index in [4.69, 9.17) is 21.7 Å². The van der Waals surface area contributed by atoms with Crippen molar-refractivity contribution in [2.24, 2.45) is 0 Å². The molecule has 2 aromatic carbocycles. The number of nitrogens with zero attached hydrogens (tertiary/aromatic N) is 1. The number of thioether (sulfide) groups is 1. The van der Waals surface area contributed by atoms with Crippen LogP contribution in [-0.2, 0) is 4.79 Å². The third kappa shape index (κ3) is 4.70. The molecule has 0 radical (unpaired) electrons. The first kappa shape index (κ1) is 19.5. The molecule has 0 N–H and O–H groups in total. The van der Waals surface area contributed by atoms with Crippen molar-refractivity contribution in [1.82, 2.24) is 4.90 Å². The average Bonchev–Trinajstić information content (AvgIpc) is 2.89. The molecule has 1 aliphatic rings. The number of para-hydroxylation sites is 1. The lowest BCUT2D eigenvalue weighted by atomic mass is 10.1. The van der Waals surface area contributed by atoms with Gasteiger partial charge in [-0.1, -0.05) is 54.3 Å². The van der Waals surface area contributed by atoms with E-state index in [1.807, 2.05) is 56.3 Å². The van der Waals surface area contributed by atoms with Gasteiger partial charge in [0.15, 0.2) is 0 Å². The van der Waals surface area contributed by atoms with E-state index in [9.17, 15) is 4.79 Å². The number of carbonyl (C=O) groups excluding carboxylic acids is 1. The Bertz CT molecular complexity index is 908. The number of hydrogen-bond acceptors (Lipinski definition) is 5. The molecule has 0 unspecified atom stereocenters. The van der Waals surface area contributed by atoms with Crippen molar-refractivity contribution in [3.63, 3.8) is 0 Å². The Kier molecular flexibility index (Phi) is 6.19. The molecule has 0 bridgehead atoms. The zero-order valence-corrected chi connectivity index (χ0v) is 17.2. The van der Waals surface area contributed by atoms with Crippen LogP contribution in [0.15, 0.2) is 47.4 Å². The molecule has 27 heavy (non-hydrogen) atoms. The van der Waals surface area contributed by atoms with Gasteiger partial charge in [0, 0.05) is 12.6 Å². The molecule has 4 nitrogen and oxygen atoms in total. The minimum atomic E-state index is -0.0851. The van der Waals surface area contributed by atoms with Crippen molar-refractivity contribution in [1.29, 1.82) is 0 Å². The Morgan fingerprint density at radius 1 is 1.07 bits per heavy atom. The molecule has 1 aliphatic heterocycles. The molecular formula is C21H21NO3S2. The van der Waals surface area contributed by atoms with Crippen LogP contribution in [0.3, 0.4) is 0 Å². The fourth-order valence-corrected chi connectivity index (χ4v) is 3.75. The number of hydrogen-bond donors (Lipinski definition) is 0. The summed E-state index contributed by atoms with van der Waals surface area (Å²) in [5, 5.41) is 0. The predicted octanol–water partition coefficient (Wildman–Crippen LogP) is 4.59. The Morgan fingerprint density at radius 2 is 1.78 bits per heavy atom. The van der Waals surface area contributed by atoms with Crippen molar-refractivity contribution < 1.29 is 14.3 Å². The van der Waals surface area contributed by atoms with Gasteiger partial charge in [0.25, 0.3) is 5.91 Å². The highest BCUT2D eigenvalue weighted by Gasteiger charge is 2.28. The number of amides is 1. The number of benzene rings is 2. The first-order valence-electron chi connectivity index (χ1n) is 8.59. The standard InChI is InChI=1S/C21H21NO3S2/c1-14-8-9-15(2)18(12-14)25-11-10-24-17-7-5-4-6-16(17)13-19-20(23)22(3)21(26)27-19/h4-9,12-13H,10-11H2,1-3H3/b19-13+. The molecule has 0 aromatic heterocycles. The van der Waals surface area contributed by atoms with Crippen LogP contribution in [0.4, 0.5) is 0 Å². The van der Waals surface area contributed by atoms with E-state index in [1.54, 1.807) is 7.05 Å². The normalized spacial score (nSPS) is 15.5. The van der Waals surface area contributed by atoms with Crippen LogP contribution in [0.2, 0.25) is 0 Å². The van der Waals surface area contributed by atoms with Crippen molar-refractivity contribution in [2.75, 3.05) is 20.3 Å². The second-order valence-corrected chi connectivity index (χ2v) is 7.92. The average molecular weight is 400 g/mol. The minimum absolute atomic E-state index is 0.0851. The van der Waals surface area contributed by atoms with Gasteiger partial charge in [-0.25, -0.2) is 0 Å². The molecule has 1 fully saturated rings. The molecule has 1 heterocycles. The van der Waals surface area contributed by atoms with E-state index in [0.717, 1.165) is 22.4 Å². The van der Waals surface area contributed by atoms with Crippen LogP contribution in [-0.4, -0.2) is 35.4 Å². The molecule has 0 saturated carbocycles. The lowest BCUT2D eigenvalue weighted by Gasteiger charge is -2.12. The summed E-state index contributed by atoms with van der Waals surface area (Å²) in [7, 11) is 1.69. The van der Waals surface area contributed by atoms with Gasteiger partial charge in [-0.2, -0.15) is 0 Å². The summed E-state index contributed by atoms with van der Waals surface area (Å²) in [6, 6.07) is 13.8. The molecule has 3 rings (SSSR count). The third-order valence-electron chi connectivity index (χ3n) is 4.13. The van der Waals surface area contributed by atoms with Gasteiger partial charge in [-0.05, 0) is 43.2 Å². The first-order chi connectivity index (χ1) is 13.0. The molecule has 0 atom stereocenters. The molecule has 0 aliphatic carbocycles. The van der Waals surface area contributed by atoms with Gasteiger partial charge in [-0.3, -0.25) is 9.69 Å². The van der Waals surface area contributed by atoms with E-state index >= 15 is 0 Å². The van der Waals surface area contributed by atoms with E-state index < -0.39 is 0 Å². The fourth-order valence-electron chi connectivity index (χ4n) is 2.58. The van der Waals surface area contributed by atoms with E-state index in [1.165, 1.54) is 16.7 Å². The topological polar surface area (TPSA) is 38.8 Å². The Labute approximate surface area is 169 Å². The van der Waals surface area contributed by atoms with Crippen LogP contribution >= 0.6 is 24.0 Å². The summed E-state index contributed by atoms with van der Waals surface area (Å²) < 4.78 is 12.3. The van der Waals surface area contributed by atoms with Gasteiger partial charge >= 0.3 is 0 Å². The summed E-state index contributed by atoms with van der Waals surface area (Å²) in [5.74, 6) is 1.50. The zero-order valence-electron chi connectivity index (χ0n) is 15.5. The molecule has 0 spiro atoms. The summed E-state index contributed by atoms with van der Waals surface area (Å²) >= 11 is 6.48. The van der Waals surface area contributed by atoms with Gasteiger partial charge in [0.05, 0.1) is 4.91 Å². The van der Waals surface area contributed by atoms with Gasteiger partial charge < -0.3 is 9.47 Å². The summed E-state index contributed by atoms with van der Waals surface area (Å²) in [6.45, 7) is 4.91. The van der Waals surface area contributed by atoms with Crippen LogP contribution < -0.4 is 9.47 Å². The Morgan fingerprint density at radius 3 is 2.48 bits per heavy atom. The molecule has 140 valence electrons. The number of likely N-dealkylation sites (N-methyl/N-ethyl adjacent to an activating group) is 1. The lowest BCUT2D eigenvalue weighted by Crippen LogP contribution is -2.22. The van der Waals surface area contributed by atoms with Crippen LogP contribution in [0.5, 0.6) is 11.5 Å². The number of thiocarbonyl (C=S) groups is 1. The maximum absolute atomic E-state index is 12.2. The largest absolute Gasteiger partial charge is 0.490 e. The third-order valence-corrected chi connectivity index (χ3v) is 5.62. The smallest absolute Gasteiger partial charge is 0.265 e. The highest BCUT2D eigenvalue weighted by molar-refractivity contribution is 8.26. The van der Waals surface area contributed by atoms with Gasteiger partial charge in [0.2, 0.25) is 0 Å².